The van der Waals surface area contributed by atoms with Crippen LogP contribution in [-0.2, 0) is 31.6 Å². The fraction of sp³-hybridized carbons (Fsp3) is 0.500. The Bertz CT molecular complexity index is 1160. The lowest BCUT2D eigenvalue weighted by Crippen LogP contribution is -2.51. The molecule has 204 valence electrons. The third-order valence-electron chi connectivity index (χ3n) is 6.18. The normalized spacial score (nSPS) is 12.5. The largest absolute Gasteiger partial charge is 0.497 e. The van der Waals surface area contributed by atoms with Crippen LogP contribution in [0.25, 0.3) is 0 Å². The number of ether oxygens (including phenoxy) is 1. The first-order valence-corrected chi connectivity index (χ1v) is 14.4. The second-order valence-corrected chi connectivity index (χ2v) is 12.2. The van der Waals surface area contributed by atoms with Crippen LogP contribution in [0.5, 0.6) is 5.75 Å². The van der Waals surface area contributed by atoms with Gasteiger partial charge in [-0.3, -0.25) is 13.9 Å². The fourth-order valence-corrected chi connectivity index (χ4v) is 4.68. The van der Waals surface area contributed by atoms with Gasteiger partial charge in [0.25, 0.3) is 0 Å². The molecular formula is C28H41N3O5S. The average molecular weight is 532 g/mol. The van der Waals surface area contributed by atoms with Gasteiger partial charge < -0.3 is 15.0 Å². The van der Waals surface area contributed by atoms with Crippen molar-refractivity contribution in [3.8, 4) is 5.75 Å². The molecule has 0 saturated carbocycles. The smallest absolute Gasteiger partial charge is 0.244 e. The lowest BCUT2D eigenvalue weighted by Gasteiger charge is -2.31. The standard InChI is InChI=1S/C28H41N3O5S/c1-8-9-17-29-27(33)21(2)30(19-22-11-10-12-25(18-22)36-6)26(32)20-31(37(7,34)35)24-15-13-23(14-16-24)28(3,4)5/h10-16,18,21H,8-9,17,19-20H2,1-7H3,(H,29,33)/t21-/m1/s1. The molecule has 8 nitrogen and oxygen atoms in total. The van der Waals surface area contributed by atoms with Gasteiger partial charge >= 0.3 is 0 Å². The van der Waals surface area contributed by atoms with E-state index in [9.17, 15) is 18.0 Å². The Labute approximate surface area is 222 Å². The summed E-state index contributed by atoms with van der Waals surface area (Å²) in [7, 11) is -2.22. The van der Waals surface area contributed by atoms with E-state index in [1.165, 1.54) is 4.90 Å². The fourth-order valence-electron chi connectivity index (χ4n) is 3.83. The van der Waals surface area contributed by atoms with Crippen LogP contribution in [0.15, 0.2) is 48.5 Å². The van der Waals surface area contributed by atoms with E-state index >= 15 is 0 Å². The maximum atomic E-state index is 13.6. The molecule has 2 aromatic rings. The van der Waals surface area contributed by atoms with Crippen LogP contribution in [-0.4, -0.2) is 57.6 Å². The van der Waals surface area contributed by atoms with Crippen molar-refractivity contribution in [2.45, 2.75) is 65.5 Å². The van der Waals surface area contributed by atoms with Crippen molar-refractivity contribution in [3.05, 3.63) is 59.7 Å². The van der Waals surface area contributed by atoms with E-state index in [1.54, 1.807) is 38.3 Å². The minimum atomic E-state index is -3.78. The van der Waals surface area contributed by atoms with Crippen LogP contribution < -0.4 is 14.4 Å². The predicted octanol–water partition coefficient (Wildman–Crippen LogP) is 4.09. The molecule has 0 aromatic heterocycles. The molecule has 0 bridgehead atoms. The van der Waals surface area contributed by atoms with Crippen molar-refractivity contribution in [2.75, 3.05) is 30.8 Å². The molecule has 0 spiro atoms. The van der Waals surface area contributed by atoms with Crippen molar-refractivity contribution in [1.29, 1.82) is 0 Å². The number of nitrogens with one attached hydrogen (secondary N) is 1. The summed E-state index contributed by atoms with van der Waals surface area (Å²) in [5, 5.41) is 2.87. The molecule has 0 fully saturated rings. The first-order valence-electron chi connectivity index (χ1n) is 12.6. The Kier molecular flexibility index (Phi) is 10.5. The van der Waals surface area contributed by atoms with E-state index in [1.807, 2.05) is 31.2 Å². The highest BCUT2D eigenvalue weighted by Crippen LogP contribution is 2.26. The summed E-state index contributed by atoms with van der Waals surface area (Å²) in [5.74, 6) is -0.141. The van der Waals surface area contributed by atoms with Gasteiger partial charge in [0.15, 0.2) is 0 Å². The number of methoxy groups -OCH3 is 1. The third-order valence-corrected chi connectivity index (χ3v) is 7.33. The number of hydrogen-bond acceptors (Lipinski definition) is 5. The minimum absolute atomic E-state index is 0.0988. The predicted molar refractivity (Wildman–Crippen MR) is 148 cm³/mol. The van der Waals surface area contributed by atoms with Crippen LogP contribution in [0.3, 0.4) is 0 Å². The molecule has 0 aliphatic carbocycles. The zero-order valence-corrected chi connectivity index (χ0v) is 23.9. The van der Waals surface area contributed by atoms with Crippen LogP contribution >= 0.6 is 0 Å². The molecule has 0 heterocycles. The van der Waals surface area contributed by atoms with E-state index < -0.39 is 28.5 Å². The van der Waals surface area contributed by atoms with E-state index in [0.717, 1.165) is 34.5 Å². The van der Waals surface area contributed by atoms with Gasteiger partial charge in [0.05, 0.1) is 19.1 Å². The van der Waals surface area contributed by atoms with Crippen LogP contribution in [0.2, 0.25) is 0 Å². The molecule has 2 amide bonds. The molecular weight excluding hydrogens is 490 g/mol. The number of unbranched alkanes of at least 4 members (excludes halogenated alkanes) is 1. The van der Waals surface area contributed by atoms with Gasteiger partial charge in [-0.15, -0.1) is 0 Å². The molecule has 0 aliphatic rings. The first kappa shape index (κ1) is 30.2. The summed E-state index contributed by atoms with van der Waals surface area (Å²) in [5.41, 5.74) is 2.11. The quantitative estimate of drug-likeness (QED) is 0.416. The molecule has 0 aliphatic heterocycles. The highest BCUT2D eigenvalue weighted by atomic mass is 32.2. The van der Waals surface area contributed by atoms with Crippen molar-refractivity contribution >= 4 is 27.5 Å². The molecule has 9 heteroatoms. The Morgan fingerprint density at radius 2 is 1.73 bits per heavy atom. The van der Waals surface area contributed by atoms with Gasteiger partial charge in [0.2, 0.25) is 21.8 Å². The Balaban J connectivity index is 2.38. The molecule has 0 unspecified atom stereocenters. The van der Waals surface area contributed by atoms with E-state index in [2.05, 4.69) is 26.1 Å². The number of anilines is 1. The van der Waals surface area contributed by atoms with Crippen molar-refractivity contribution in [1.82, 2.24) is 10.2 Å². The van der Waals surface area contributed by atoms with Crippen molar-refractivity contribution in [2.24, 2.45) is 0 Å². The van der Waals surface area contributed by atoms with Gasteiger partial charge in [-0.05, 0) is 54.2 Å². The Morgan fingerprint density at radius 3 is 2.27 bits per heavy atom. The number of benzene rings is 2. The molecule has 0 saturated heterocycles. The van der Waals surface area contributed by atoms with E-state index in [-0.39, 0.29) is 17.9 Å². The zero-order valence-electron chi connectivity index (χ0n) is 23.1. The first-order chi connectivity index (χ1) is 17.3. The van der Waals surface area contributed by atoms with E-state index in [0.29, 0.717) is 18.0 Å². The average Bonchev–Trinajstić information content (AvgIpc) is 2.84. The topological polar surface area (TPSA) is 96.0 Å². The number of rotatable bonds is 12. The Hall–Kier alpha value is -3.07. The lowest BCUT2D eigenvalue weighted by molar-refractivity contribution is -0.139. The summed E-state index contributed by atoms with van der Waals surface area (Å²) in [4.78, 5) is 28.0. The van der Waals surface area contributed by atoms with Gasteiger partial charge in [0, 0.05) is 13.1 Å². The van der Waals surface area contributed by atoms with Crippen LogP contribution in [0, 0.1) is 0 Å². The minimum Gasteiger partial charge on any atom is -0.497 e. The van der Waals surface area contributed by atoms with Gasteiger partial charge in [0.1, 0.15) is 18.3 Å². The van der Waals surface area contributed by atoms with Crippen LogP contribution in [0.1, 0.15) is 58.6 Å². The zero-order chi connectivity index (χ0) is 27.8. The lowest BCUT2D eigenvalue weighted by atomic mass is 9.87. The van der Waals surface area contributed by atoms with Gasteiger partial charge in [-0.25, -0.2) is 8.42 Å². The van der Waals surface area contributed by atoms with E-state index in [4.69, 9.17) is 4.74 Å². The number of hydrogen-bond donors (Lipinski definition) is 1. The molecule has 2 aromatic carbocycles. The van der Waals surface area contributed by atoms with Crippen LogP contribution in [0.4, 0.5) is 5.69 Å². The number of carbonyl (C=O) groups is 2. The van der Waals surface area contributed by atoms with Crippen molar-refractivity contribution in [3.63, 3.8) is 0 Å². The number of sulfonamides is 1. The summed E-state index contributed by atoms with van der Waals surface area (Å²) < 4.78 is 31.9. The maximum absolute atomic E-state index is 13.6. The highest BCUT2D eigenvalue weighted by Gasteiger charge is 2.30. The maximum Gasteiger partial charge on any atom is 0.244 e. The SMILES string of the molecule is CCCCNC(=O)[C@@H](C)N(Cc1cccc(OC)c1)C(=O)CN(c1ccc(C(C)(C)C)cc1)S(C)(=O)=O. The molecule has 2 rings (SSSR count). The Morgan fingerprint density at radius 1 is 1.08 bits per heavy atom. The number of nitrogens with zero attached hydrogens (tertiary/aromatic N) is 2. The highest BCUT2D eigenvalue weighted by molar-refractivity contribution is 7.92. The third kappa shape index (κ3) is 8.77. The summed E-state index contributed by atoms with van der Waals surface area (Å²) in [6.45, 7) is 10.1. The molecule has 1 N–H and O–H groups in total. The number of carbonyl (C=O) groups excluding carboxylic acids is 2. The van der Waals surface area contributed by atoms with Crippen molar-refractivity contribution < 1.29 is 22.7 Å². The number of amides is 2. The van der Waals surface area contributed by atoms with Gasteiger partial charge in [-0.1, -0.05) is 58.4 Å². The second kappa shape index (κ2) is 12.9. The molecule has 1 atom stereocenters. The second-order valence-electron chi connectivity index (χ2n) is 10.3. The summed E-state index contributed by atoms with van der Waals surface area (Å²) in [6, 6.07) is 13.6. The summed E-state index contributed by atoms with van der Waals surface area (Å²) in [6.07, 6.45) is 2.83. The monoisotopic (exact) mass is 531 g/mol. The molecule has 37 heavy (non-hydrogen) atoms. The molecule has 0 radical (unpaired) electrons. The van der Waals surface area contributed by atoms with Gasteiger partial charge in [-0.2, -0.15) is 0 Å². The summed E-state index contributed by atoms with van der Waals surface area (Å²) >= 11 is 0.